The molecule has 0 aliphatic heterocycles. The Balaban J connectivity index is 1.80. The molecule has 0 aromatic carbocycles. The van der Waals surface area contributed by atoms with Gasteiger partial charge in [0.2, 0.25) is 5.91 Å². The number of fused-ring (bicyclic) bond motifs is 1. The lowest BCUT2D eigenvalue weighted by Crippen LogP contribution is -2.25. The van der Waals surface area contributed by atoms with Crippen molar-refractivity contribution in [3.63, 3.8) is 0 Å². The number of hydrogen-bond acceptors (Lipinski definition) is 6. The number of aryl methyl sites for hydroxylation is 3. The highest BCUT2D eigenvalue weighted by atomic mass is 32.2. The summed E-state index contributed by atoms with van der Waals surface area (Å²) in [5, 5.41) is 16.4. The molecule has 1 amide bonds. The minimum Gasteiger partial charge on any atom is -0.360 e. The van der Waals surface area contributed by atoms with E-state index in [0.717, 1.165) is 31.4 Å². The van der Waals surface area contributed by atoms with E-state index in [2.05, 4.69) is 16.5 Å². The molecule has 0 fully saturated rings. The van der Waals surface area contributed by atoms with E-state index in [-0.39, 0.29) is 11.2 Å². The van der Waals surface area contributed by atoms with E-state index in [9.17, 15) is 10.1 Å². The number of amides is 1. The van der Waals surface area contributed by atoms with Gasteiger partial charge < -0.3 is 9.84 Å². The highest BCUT2D eigenvalue weighted by molar-refractivity contribution is 8.00. The van der Waals surface area contributed by atoms with Gasteiger partial charge in [0.25, 0.3) is 0 Å². The van der Waals surface area contributed by atoms with Crippen LogP contribution in [-0.2, 0) is 17.6 Å². The smallest absolute Gasteiger partial charge is 0.239 e. The number of nitrogens with one attached hydrogen (secondary N) is 1. The van der Waals surface area contributed by atoms with Crippen molar-refractivity contribution in [1.82, 2.24) is 10.1 Å². The van der Waals surface area contributed by atoms with E-state index in [1.165, 1.54) is 23.7 Å². The van der Waals surface area contributed by atoms with Gasteiger partial charge in [0, 0.05) is 11.8 Å². The molecule has 0 radical (unpaired) electrons. The summed E-state index contributed by atoms with van der Waals surface area (Å²) in [6.45, 7) is 3.72. The highest BCUT2D eigenvalue weighted by Gasteiger charge is 2.23. The SMILES string of the molecule is CC[C@H](Sc1nc2c(cc1C#N)CCCCC2)C(=O)Nc1cc(C)on1. The summed E-state index contributed by atoms with van der Waals surface area (Å²) in [6.07, 6.45) is 6.00. The largest absolute Gasteiger partial charge is 0.360 e. The van der Waals surface area contributed by atoms with Crippen molar-refractivity contribution in [3.05, 3.63) is 34.7 Å². The second kappa shape index (κ2) is 8.37. The molecule has 6 nitrogen and oxygen atoms in total. The molecule has 136 valence electrons. The third-order valence-corrected chi connectivity index (χ3v) is 5.80. The number of hydrogen-bond donors (Lipinski definition) is 1. The second-order valence-electron chi connectivity index (χ2n) is 6.45. The molecule has 1 aliphatic rings. The van der Waals surface area contributed by atoms with E-state index in [0.29, 0.717) is 28.6 Å². The lowest BCUT2D eigenvalue weighted by Gasteiger charge is -2.15. The number of nitriles is 1. The summed E-state index contributed by atoms with van der Waals surface area (Å²) in [5.74, 6) is 0.883. The van der Waals surface area contributed by atoms with Crippen LogP contribution in [0, 0.1) is 18.3 Å². The number of pyridine rings is 1. The third kappa shape index (κ3) is 4.25. The lowest BCUT2D eigenvalue weighted by molar-refractivity contribution is -0.115. The molecule has 0 spiro atoms. The van der Waals surface area contributed by atoms with Crippen LogP contribution in [0.25, 0.3) is 0 Å². The van der Waals surface area contributed by atoms with Crippen molar-refractivity contribution in [3.8, 4) is 6.07 Å². The maximum Gasteiger partial charge on any atom is 0.239 e. The molecule has 0 saturated heterocycles. The molecular weight excluding hydrogens is 348 g/mol. The quantitative estimate of drug-likeness (QED) is 0.631. The van der Waals surface area contributed by atoms with Gasteiger partial charge >= 0.3 is 0 Å². The molecule has 26 heavy (non-hydrogen) atoms. The molecule has 2 aromatic rings. The number of carbonyl (C=O) groups is 1. The van der Waals surface area contributed by atoms with E-state index >= 15 is 0 Å². The highest BCUT2D eigenvalue weighted by Crippen LogP contribution is 2.31. The molecule has 0 unspecified atom stereocenters. The van der Waals surface area contributed by atoms with Gasteiger partial charge in [0.1, 0.15) is 16.9 Å². The maximum absolute atomic E-state index is 12.6. The zero-order valence-electron chi connectivity index (χ0n) is 15.0. The molecule has 3 rings (SSSR count). The second-order valence-corrected chi connectivity index (χ2v) is 7.64. The van der Waals surface area contributed by atoms with Crippen LogP contribution < -0.4 is 5.32 Å². The predicted molar refractivity (Wildman–Crippen MR) is 100 cm³/mol. The van der Waals surface area contributed by atoms with Gasteiger partial charge in [0.15, 0.2) is 5.82 Å². The van der Waals surface area contributed by atoms with Crippen LogP contribution in [0.1, 0.15) is 55.2 Å². The van der Waals surface area contributed by atoms with Crippen molar-refractivity contribution in [2.24, 2.45) is 0 Å². The number of nitrogens with zero attached hydrogens (tertiary/aromatic N) is 3. The summed E-state index contributed by atoms with van der Waals surface area (Å²) < 4.78 is 4.98. The fourth-order valence-electron chi connectivity index (χ4n) is 3.05. The van der Waals surface area contributed by atoms with Gasteiger partial charge in [-0.05, 0) is 50.7 Å². The van der Waals surface area contributed by atoms with Crippen molar-refractivity contribution in [2.45, 2.75) is 62.6 Å². The van der Waals surface area contributed by atoms with Crippen LogP contribution >= 0.6 is 11.8 Å². The minimum atomic E-state index is -0.351. The Bertz CT molecular complexity index is 841. The topological polar surface area (TPSA) is 91.8 Å². The Kier molecular flexibility index (Phi) is 5.94. The number of anilines is 1. The summed E-state index contributed by atoms with van der Waals surface area (Å²) in [4.78, 5) is 17.3. The van der Waals surface area contributed by atoms with Crippen molar-refractivity contribution in [2.75, 3.05) is 5.32 Å². The van der Waals surface area contributed by atoms with Gasteiger partial charge in [-0.15, -0.1) is 0 Å². The van der Waals surface area contributed by atoms with Crippen LogP contribution in [0.2, 0.25) is 0 Å². The zero-order valence-corrected chi connectivity index (χ0v) is 15.9. The summed E-state index contributed by atoms with van der Waals surface area (Å²) in [5.41, 5.74) is 2.81. The first kappa shape index (κ1) is 18.5. The third-order valence-electron chi connectivity index (χ3n) is 4.43. The average molecular weight is 370 g/mol. The Labute approximate surface area is 157 Å². The van der Waals surface area contributed by atoms with Crippen molar-refractivity contribution >= 4 is 23.5 Å². The fourth-order valence-corrected chi connectivity index (χ4v) is 4.05. The van der Waals surface area contributed by atoms with Gasteiger partial charge in [-0.2, -0.15) is 5.26 Å². The molecular formula is C19H22N4O2S. The first-order valence-corrected chi connectivity index (χ1v) is 9.82. The molecule has 2 heterocycles. The fraction of sp³-hybridized carbons (Fsp3) is 0.474. The Morgan fingerprint density at radius 2 is 2.19 bits per heavy atom. The predicted octanol–water partition coefficient (Wildman–Crippen LogP) is 4.03. The summed E-state index contributed by atoms with van der Waals surface area (Å²) >= 11 is 1.35. The van der Waals surface area contributed by atoms with Crippen LogP contribution in [0.15, 0.2) is 21.7 Å². The van der Waals surface area contributed by atoms with Crippen LogP contribution in [-0.4, -0.2) is 21.3 Å². The lowest BCUT2D eigenvalue weighted by atomic mass is 10.1. The van der Waals surface area contributed by atoms with Crippen LogP contribution in [0.5, 0.6) is 0 Å². The normalized spacial score (nSPS) is 14.8. The molecule has 1 atom stereocenters. The van der Waals surface area contributed by atoms with Gasteiger partial charge in [-0.3, -0.25) is 4.79 Å². The van der Waals surface area contributed by atoms with E-state index < -0.39 is 0 Å². The van der Waals surface area contributed by atoms with Gasteiger partial charge in [0.05, 0.1) is 10.8 Å². The minimum absolute atomic E-state index is 0.161. The molecule has 2 aromatic heterocycles. The van der Waals surface area contributed by atoms with Crippen molar-refractivity contribution in [1.29, 1.82) is 5.26 Å². The molecule has 0 bridgehead atoms. The molecule has 1 N–H and O–H groups in total. The summed E-state index contributed by atoms with van der Waals surface area (Å²) in [7, 11) is 0. The van der Waals surface area contributed by atoms with Crippen LogP contribution in [0.3, 0.4) is 0 Å². The number of thioether (sulfide) groups is 1. The van der Waals surface area contributed by atoms with E-state index in [1.54, 1.807) is 13.0 Å². The Hall–Kier alpha value is -2.33. The monoisotopic (exact) mass is 370 g/mol. The zero-order chi connectivity index (χ0) is 18.5. The number of carbonyl (C=O) groups excluding carboxylic acids is 1. The molecule has 7 heteroatoms. The van der Waals surface area contributed by atoms with Crippen molar-refractivity contribution < 1.29 is 9.32 Å². The standard InChI is InChI=1S/C19H22N4O2S/c1-3-16(18(24)22-17-9-12(2)25-23-17)26-19-14(11-20)10-13-7-5-4-6-8-15(13)21-19/h9-10,16H,3-8H2,1-2H3,(H,22,23,24)/t16-/m0/s1. The Morgan fingerprint density at radius 1 is 1.38 bits per heavy atom. The van der Waals surface area contributed by atoms with Gasteiger partial charge in [-0.25, -0.2) is 4.98 Å². The Morgan fingerprint density at radius 3 is 2.88 bits per heavy atom. The first-order valence-electron chi connectivity index (χ1n) is 8.94. The molecule has 0 saturated carbocycles. The number of rotatable bonds is 5. The summed E-state index contributed by atoms with van der Waals surface area (Å²) in [6, 6.07) is 5.88. The van der Waals surface area contributed by atoms with E-state index in [4.69, 9.17) is 9.51 Å². The maximum atomic E-state index is 12.6. The average Bonchev–Trinajstić information content (AvgIpc) is 2.91. The van der Waals surface area contributed by atoms with E-state index in [1.807, 2.05) is 13.0 Å². The number of aromatic nitrogens is 2. The van der Waals surface area contributed by atoms with Gasteiger partial charge in [-0.1, -0.05) is 30.3 Å². The first-order chi connectivity index (χ1) is 12.6. The van der Waals surface area contributed by atoms with Crippen LogP contribution in [0.4, 0.5) is 5.82 Å². The molecule has 1 aliphatic carbocycles.